The molecule has 3 fully saturated rings. The van der Waals surface area contributed by atoms with Crippen molar-refractivity contribution >= 4 is 28.4 Å². The van der Waals surface area contributed by atoms with Crippen molar-refractivity contribution in [3.63, 3.8) is 0 Å². The lowest BCUT2D eigenvalue weighted by Gasteiger charge is -2.37. The summed E-state index contributed by atoms with van der Waals surface area (Å²) in [5.74, 6) is 0.971. The summed E-state index contributed by atoms with van der Waals surface area (Å²) in [5.41, 5.74) is 3.05. The van der Waals surface area contributed by atoms with Gasteiger partial charge in [0.15, 0.2) is 0 Å². The molecule has 1 N–H and O–H groups in total. The first kappa shape index (κ1) is 23.3. The fourth-order valence-corrected chi connectivity index (χ4v) is 6.38. The third-order valence-electron chi connectivity index (χ3n) is 8.20. The van der Waals surface area contributed by atoms with Crippen molar-refractivity contribution in [1.29, 1.82) is 0 Å². The third kappa shape index (κ3) is 4.99. The molecule has 3 heterocycles. The lowest BCUT2D eigenvalue weighted by Crippen LogP contribution is -2.47. The second-order valence-corrected chi connectivity index (χ2v) is 10.8. The number of hydrogen-bond donors (Lipinski definition) is 1. The van der Waals surface area contributed by atoms with Gasteiger partial charge in [0.1, 0.15) is 0 Å². The molecule has 1 aliphatic carbocycles. The number of rotatable bonds is 6. The third-order valence-corrected chi connectivity index (χ3v) is 8.20. The van der Waals surface area contributed by atoms with Gasteiger partial charge in [-0.1, -0.05) is 39.0 Å². The highest BCUT2D eigenvalue weighted by molar-refractivity contribution is 6.02. The maximum atomic E-state index is 12.4. The number of amides is 2. The van der Waals surface area contributed by atoms with Crippen molar-refractivity contribution in [3.05, 3.63) is 23.9 Å². The Hall–Kier alpha value is -2.41. The minimum Gasteiger partial charge on any atom is -0.369 e. The van der Waals surface area contributed by atoms with Crippen LogP contribution < -0.4 is 10.2 Å². The highest BCUT2D eigenvalue weighted by Crippen LogP contribution is 2.33. The SMILES string of the molecule is C[C@H](CC1CCCCC1)CN1CCN(c2ccc3c(C4CCC(=O)NC4=O)nn(C)c3c2)CC1. The molecule has 2 amide bonds. The van der Waals surface area contributed by atoms with Crippen LogP contribution in [0.3, 0.4) is 0 Å². The van der Waals surface area contributed by atoms with Gasteiger partial charge in [-0.25, -0.2) is 0 Å². The van der Waals surface area contributed by atoms with Gasteiger partial charge in [-0.3, -0.25) is 24.5 Å². The Morgan fingerprint density at radius 3 is 2.56 bits per heavy atom. The zero-order valence-corrected chi connectivity index (χ0v) is 20.8. The van der Waals surface area contributed by atoms with E-state index >= 15 is 0 Å². The van der Waals surface area contributed by atoms with E-state index in [9.17, 15) is 9.59 Å². The van der Waals surface area contributed by atoms with Crippen LogP contribution in [0.2, 0.25) is 0 Å². The Morgan fingerprint density at radius 2 is 1.82 bits per heavy atom. The maximum Gasteiger partial charge on any atom is 0.235 e. The largest absolute Gasteiger partial charge is 0.369 e. The fraction of sp³-hybridized carbons (Fsp3) is 0.667. The van der Waals surface area contributed by atoms with Crippen LogP contribution in [0.15, 0.2) is 18.2 Å². The molecular formula is C27H39N5O2. The Bertz CT molecular complexity index is 1030. The molecule has 7 nitrogen and oxygen atoms in total. The van der Waals surface area contributed by atoms with Crippen LogP contribution in [0.1, 0.15) is 69.9 Å². The van der Waals surface area contributed by atoms with Gasteiger partial charge in [0, 0.05) is 57.3 Å². The zero-order valence-electron chi connectivity index (χ0n) is 20.8. The molecule has 1 aromatic heterocycles. The van der Waals surface area contributed by atoms with Gasteiger partial charge in [-0.05, 0) is 42.9 Å². The van der Waals surface area contributed by atoms with Crippen molar-refractivity contribution < 1.29 is 9.59 Å². The number of aromatic nitrogens is 2. The molecule has 1 aromatic carbocycles. The molecular weight excluding hydrogens is 426 g/mol. The number of piperazine rings is 1. The predicted molar refractivity (Wildman–Crippen MR) is 135 cm³/mol. The summed E-state index contributed by atoms with van der Waals surface area (Å²) >= 11 is 0. The van der Waals surface area contributed by atoms with Crippen LogP contribution in [0.5, 0.6) is 0 Å². The quantitative estimate of drug-likeness (QED) is 0.657. The van der Waals surface area contributed by atoms with Gasteiger partial charge in [0.25, 0.3) is 0 Å². The summed E-state index contributed by atoms with van der Waals surface area (Å²) in [4.78, 5) is 29.1. The second kappa shape index (κ2) is 10.1. The van der Waals surface area contributed by atoms with Gasteiger partial charge in [0.2, 0.25) is 11.8 Å². The van der Waals surface area contributed by atoms with Crippen molar-refractivity contribution in [2.45, 2.75) is 64.2 Å². The average Bonchev–Trinajstić information content (AvgIpc) is 3.16. The van der Waals surface area contributed by atoms with E-state index in [1.807, 2.05) is 11.7 Å². The molecule has 2 aromatic rings. The second-order valence-electron chi connectivity index (χ2n) is 10.8. The molecule has 1 saturated carbocycles. The highest BCUT2D eigenvalue weighted by atomic mass is 16.2. The molecule has 0 radical (unpaired) electrons. The fourth-order valence-electron chi connectivity index (χ4n) is 6.38. The molecule has 5 rings (SSSR count). The van der Waals surface area contributed by atoms with Crippen molar-refractivity contribution in [2.24, 2.45) is 18.9 Å². The number of fused-ring (bicyclic) bond motifs is 1. The van der Waals surface area contributed by atoms with Crippen molar-refractivity contribution in [1.82, 2.24) is 20.0 Å². The van der Waals surface area contributed by atoms with Crippen molar-refractivity contribution in [3.8, 4) is 0 Å². The van der Waals surface area contributed by atoms with E-state index in [4.69, 9.17) is 0 Å². The van der Waals surface area contributed by atoms with Crippen LogP contribution in [0, 0.1) is 11.8 Å². The van der Waals surface area contributed by atoms with E-state index in [0.29, 0.717) is 12.8 Å². The van der Waals surface area contributed by atoms with Gasteiger partial charge in [0.05, 0.1) is 17.1 Å². The molecule has 2 aliphatic heterocycles. The monoisotopic (exact) mass is 465 g/mol. The lowest BCUT2D eigenvalue weighted by atomic mass is 9.83. The summed E-state index contributed by atoms with van der Waals surface area (Å²) in [6, 6.07) is 6.48. The van der Waals surface area contributed by atoms with Crippen LogP contribution in [0.25, 0.3) is 10.9 Å². The van der Waals surface area contributed by atoms with Gasteiger partial charge in [-0.2, -0.15) is 5.10 Å². The van der Waals surface area contributed by atoms with Crippen LogP contribution in [-0.4, -0.2) is 59.2 Å². The minimum atomic E-state index is -0.355. The average molecular weight is 466 g/mol. The molecule has 3 aliphatic rings. The van der Waals surface area contributed by atoms with Crippen LogP contribution in [-0.2, 0) is 16.6 Å². The van der Waals surface area contributed by atoms with Gasteiger partial charge in [-0.15, -0.1) is 0 Å². The summed E-state index contributed by atoms with van der Waals surface area (Å²) < 4.78 is 1.88. The van der Waals surface area contributed by atoms with Crippen molar-refractivity contribution in [2.75, 3.05) is 37.6 Å². The minimum absolute atomic E-state index is 0.189. The number of aryl methyl sites for hydroxylation is 1. The summed E-state index contributed by atoms with van der Waals surface area (Å²) in [5, 5.41) is 8.16. The molecule has 0 bridgehead atoms. The predicted octanol–water partition coefficient (Wildman–Crippen LogP) is 3.82. The summed E-state index contributed by atoms with van der Waals surface area (Å²) in [6.45, 7) is 7.97. The number of nitrogens with zero attached hydrogens (tertiary/aromatic N) is 4. The zero-order chi connectivity index (χ0) is 23.7. The van der Waals surface area contributed by atoms with E-state index < -0.39 is 0 Å². The van der Waals surface area contributed by atoms with E-state index in [-0.39, 0.29) is 17.7 Å². The van der Waals surface area contributed by atoms with Crippen LogP contribution >= 0.6 is 0 Å². The molecule has 2 saturated heterocycles. The topological polar surface area (TPSA) is 70.5 Å². The van der Waals surface area contributed by atoms with E-state index in [2.05, 4.69) is 45.3 Å². The number of nitrogens with one attached hydrogen (secondary N) is 1. The number of carbonyl (C=O) groups is 2. The number of benzene rings is 1. The number of piperidine rings is 1. The molecule has 0 spiro atoms. The molecule has 1 unspecified atom stereocenters. The molecule has 2 atom stereocenters. The van der Waals surface area contributed by atoms with E-state index in [1.165, 1.54) is 50.8 Å². The highest BCUT2D eigenvalue weighted by Gasteiger charge is 2.32. The lowest BCUT2D eigenvalue weighted by molar-refractivity contribution is -0.134. The Kier molecular flexibility index (Phi) is 6.91. The Morgan fingerprint density at radius 1 is 1.06 bits per heavy atom. The van der Waals surface area contributed by atoms with Gasteiger partial charge >= 0.3 is 0 Å². The van der Waals surface area contributed by atoms with E-state index in [0.717, 1.165) is 54.6 Å². The smallest absolute Gasteiger partial charge is 0.235 e. The molecule has 34 heavy (non-hydrogen) atoms. The first-order valence-electron chi connectivity index (χ1n) is 13.3. The first-order chi connectivity index (χ1) is 16.5. The van der Waals surface area contributed by atoms with Gasteiger partial charge < -0.3 is 4.90 Å². The number of imide groups is 1. The maximum absolute atomic E-state index is 12.4. The normalized spacial score (nSPS) is 23.9. The molecule has 7 heteroatoms. The summed E-state index contributed by atoms with van der Waals surface area (Å²) in [7, 11) is 1.94. The summed E-state index contributed by atoms with van der Waals surface area (Å²) in [6.07, 6.45) is 9.50. The molecule has 184 valence electrons. The Labute approximate surface area is 202 Å². The standard InChI is InChI=1S/C27H39N5O2/c1-19(16-20-6-4-3-5-7-20)18-31-12-14-32(15-13-31)21-8-9-22-24(17-21)30(2)29-26(22)23-10-11-25(33)28-27(23)34/h8-9,17,19-20,23H,3-7,10-16,18H2,1-2H3,(H,28,33,34)/t19-,23?/m1/s1. The number of carbonyl (C=O) groups excluding carboxylic acids is 2. The van der Waals surface area contributed by atoms with E-state index in [1.54, 1.807) is 0 Å². The van der Waals surface area contributed by atoms with Crippen LogP contribution in [0.4, 0.5) is 5.69 Å². The number of hydrogen-bond acceptors (Lipinski definition) is 5. The Balaban J connectivity index is 1.20. The first-order valence-corrected chi connectivity index (χ1v) is 13.3. The number of anilines is 1.